The van der Waals surface area contributed by atoms with Crippen LogP contribution in [-0.4, -0.2) is 9.46 Å². The van der Waals surface area contributed by atoms with E-state index in [9.17, 15) is 4.21 Å². The van der Waals surface area contributed by atoms with Crippen molar-refractivity contribution in [3.63, 3.8) is 0 Å². The van der Waals surface area contributed by atoms with Crippen molar-refractivity contribution < 1.29 is 4.21 Å². The molecule has 2 rings (SSSR count). The largest absolute Gasteiger partial charge is 0.399 e. The highest BCUT2D eigenvalue weighted by Gasteiger charge is 2.24. The standard InChI is InChI=1S/C14H20BrNOS/c1-10-3-2-4-13(7-10)18(17)9-11-5-6-12(16)8-14(11)15/h5-6,8,10,13H,2-4,7,9,16H2,1H3. The number of nitrogen functional groups attached to an aromatic ring is 1. The van der Waals surface area contributed by atoms with Crippen LogP contribution in [0.15, 0.2) is 22.7 Å². The molecule has 0 bridgehead atoms. The van der Waals surface area contributed by atoms with Crippen molar-refractivity contribution in [2.75, 3.05) is 5.73 Å². The summed E-state index contributed by atoms with van der Waals surface area (Å²) in [7, 11) is -0.766. The van der Waals surface area contributed by atoms with Crippen molar-refractivity contribution in [2.45, 2.75) is 43.6 Å². The Morgan fingerprint density at radius 3 is 2.89 bits per heavy atom. The molecule has 0 saturated heterocycles. The van der Waals surface area contributed by atoms with Crippen molar-refractivity contribution >= 4 is 32.4 Å². The first-order valence-electron chi connectivity index (χ1n) is 6.47. The number of anilines is 1. The molecule has 1 aromatic rings. The Labute approximate surface area is 120 Å². The Morgan fingerprint density at radius 1 is 1.44 bits per heavy atom. The van der Waals surface area contributed by atoms with Gasteiger partial charge < -0.3 is 5.73 Å². The summed E-state index contributed by atoms with van der Waals surface area (Å²) in [6, 6.07) is 5.74. The second-order valence-electron chi connectivity index (χ2n) is 5.27. The lowest BCUT2D eigenvalue weighted by molar-refractivity contribution is 0.389. The van der Waals surface area contributed by atoms with Crippen LogP contribution < -0.4 is 5.73 Å². The van der Waals surface area contributed by atoms with E-state index in [1.54, 1.807) is 0 Å². The van der Waals surface area contributed by atoms with E-state index >= 15 is 0 Å². The average Bonchev–Trinajstić information content (AvgIpc) is 2.32. The predicted octanol–water partition coefficient (Wildman–Crippen LogP) is 3.86. The molecule has 100 valence electrons. The van der Waals surface area contributed by atoms with E-state index in [0.717, 1.165) is 34.5 Å². The fraction of sp³-hybridized carbons (Fsp3) is 0.571. The molecular formula is C14H20BrNOS. The van der Waals surface area contributed by atoms with Crippen LogP contribution in [0.1, 0.15) is 38.2 Å². The van der Waals surface area contributed by atoms with Crippen molar-refractivity contribution in [2.24, 2.45) is 5.92 Å². The minimum absolute atomic E-state index is 0.373. The van der Waals surface area contributed by atoms with Crippen molar-refractivity contribution in [1.82, 2.24) is 0 Å². The molecule has 1 fully saturated rings. The minimum Gasteiger partial charge on any atom is -0.399 e. The summed E-state index contributed by atoms with van der Waals surface area (Å²) in [6.45, 7) is 2.27. The lowest BCUT2D eigenvalue weighted by Crippen LogP contribution is -2.24. The molecular weight excluding hydrogens is 310 g/mol. The van der Waals surface area contributed by atoms with Crippen LogP contribution in [-0.2, 0) is 16.6 Å². The van der Waals surface area contributed by atoms with E-state index < -0.39 is 10.8 Å². The van der Waals surface area contributed by atoms with Gasteiger partial charge in [-0.3, -0.25) is 4.21 Å². The molecule has 2 nitrogen and oxygen atoms in total. The van der Waals surface area contributed by atoms with Gasteiger partial charge in [0.2, 0.25) is 0 Å². The van der Waals surface area contributed by atoms with Gasteiger partial charge in [-0.2, -0.15) is 0 Å². The number of rotatable bonds is 3. The smallest absolute Gasteiger partial charge is 0.0499 e. The molecule has 2 N–H and O–H groups in total. The zero-order valence-corrected chi connectivity index (χ0v) is 13.1. The summed E-state index contributed by atoms with van der Waals surface area (Å²) in [6.07, 6.45) is 4.74. The number of hydrogen-bond donors (Lipinski definition) is 1. The number of halogens is 1. The summed E-state index contributed by atoms with van der Waals surface area (Å²) in [5.41, 5.74) is 7.55. The molecule has 4 heteroatoms. The monoisotopic (exact) mass is 329 g/mol. The van der Waals surface area contributed by atoms with Gasteiger partial charge in [-0.25, -0.2) is 0 Å². The van der Waals surface area contributed by atoms with Gasteiger partial charge in [0.25, 0.3) is 0 Å². The topological polar surface area (TPSA) is 43.1 Å². The molecule has 0 heterocycles. The molecule has 3 unspecified atom stereocenters. The van der Waals surface area contributed by atoms with Crippen LogP contribution in [0.5, 0.6) is 0 Å². The molecule has 1 saturated carbocycles. The van der Waals surface area contributed by atoms with E-state index in [1.807, 2.05) is 18.2 Å². The van der Waals surface area contributed by atoms with E-state index in [0.29, 0.717) is 11.0 Å². The molecule has 0 aromatic heterocycles. The first kappa shape index (κ1) is 14.1. The van der Waals surface area contributed by atoms with Gasteiger partial charge in [-0.05, 0) is 36.5 Å². The van der Waals surface area contributed by atoms with Crippen LogP contribution >= 0.6 is 15.9 Å². The minimum atomic E-state index is -0.766. The molecule has 1 aliphatic rings. The van der Waals surface area contributed by atoms with Crippen molar-refractivity contribution in [1.29, 1.82) is 0 Å². The molecule has 1 aliphatic carbocycles. The van der Waals surface area contributed by atoms with Gasteiger partial charge in [-0.15, -0.1) is 0 Å². The van der Waals surface area contributed by atoms with Crippen molar-refractivity contribution in [3.8, 4) is 0 Å². The summed E-state index contributed by atoms with van der Waals surface area (Å²) in [4.78, 5) is 0. The maximum atomic E-state index is 12.4. The fourth-order valence-corrected chi connectivity index (χ4v) is 5.06. The molecule has 1 aromatic carbocycles. The van der Waals surface area contributed by atoms with E-state index in [4.69, 9.17) is 5.73 Å². The lowest BCUT2D eigenvalue weighted by Gasteiger charge is -2.26. The summed E-state index contributed by atoms with van der Waals surface area (Å²) in [5, 5.41) is 0.373. The van der Waals surface area contributed by atoms with E-state index in [1.165, 1.54) is 12.8 Å². The normalized spacial score (nSPS) is 25.9. The summed E-state index contributed by atoms with van der Waals surface area (Å²) in [5.74, 6) is 1.36. The third-order valence-corrected chi connectivity index (χ3v) is 6.14. The lowest BCUT2D eigenvalue weighted by atomic mass is 9.91. The molecule has 0 amide bonds. The highest BCUT2D eigenvalue weighted by molar-refractivity contribution is 9.10. The van der Waals surface area contributed by atoms with Crippen LogP contribution in [0, 0.1) is 5.92 Å². The summed E-state index contributed by atoms with van der Waals surface area (Å²) >= 11 is 3.50. The Kier molecular flexibility index (Phi) is 4.84. The van der Waals surface area contributed by atoms with Crippen LogP contribution in [0.3, 0.4) is 0 Å². The highest BCUT2D eigenvalue weighted by Crippen LogP contribution is 2.29. The van der Waals surface area contributed by atoms with Crippen LogP contribution in [0.25, 0.3) is 0 Å². The van der Waals surface area contributed by atoms with Crippen molar-refractivity contribution in [3.05, 3.63) is 28.2 Å². The second-order valence-corrected chi connectivity index (χ2v) is 7.84. The molecule has 18 heavy (non-hydrogen) atoms. The van der Waals surface area contributed by atoms with Gasteiger partial charge in [-0.1, -0.05) is 41.8 Å². The zero-order valence-electron chi connectivity index (χ0n) is 10.7. The Balaban J connectivity index is 2.02. The van der Waals surface area contributed by atoms with Crippen LogP contribution in [0.4, 0.5) is 5.69 Å². The van der Waals surface area contributed by atoms with E-state index in [2.05, 4.69) is 22.9 Å². The SMILES string of the molecule is CC1CCCC(S(=O)Cc2ccc(N)cc2Br)C1. The maximum Gasteiger partial charge on any atom is 0.0499 e. The molecule has 0 spiro atoms. The number of nitrogens with two attached hydrogens (primary N) is 1. The van der Waals surface area contributed by atoms with Gasteiger partial charge in [0, 0.05) is 32.0 Å². The van der Waals surface area contributed by atoms with E-state index in [-0.39, 0.29) is 0 Å². The molecule has 0 aliphatic heterocycles. The average molecular weight is 330 g/mol. The number of hydrogen-bond acceptors (Lipinski definition) is 2. The van der Waals surface area contributed by atoms with Gasteiger partial charge in [0.15, 0.2) is 0 Å². The van der Waals surface area contributed by atoms with Gasteiger partial charge >= 0.3 is 0 Å². The third-order valence-electron chi connectivity index (χ3n) is 3.63. The maximum absolute atomic E-state index is 12.4. The Hall–Kier alpha value is -0.350. The van der Waals surface area contributed by atoms with Gasteiger partial charge in [0.1, 0.15) is 0 Å². The fourth-order valence-electron chi connectivity index (χ4n) is 2.57. The predicted molar refractivity (Wildman–Crippen MR) is 81.8 cm³/mol. The van der Waals surface area contributed by atoms with Crippen LogP contribution in [0.2, 0.25) is 0 Å². The van der Waals surface area contributed by atoms with Gasteiger partial charge in [0.05, 0.1) is 0 Å². The Bertz CT molecular complexity index is 449. The first-order chi connectivity index (χ1) is 8.56. The first-order valence-corrected chi connectivity index (χ1v) is 8.65. The summed E-state index contributed by atoms with van der Waals surface area (Å²) < 4.78 is 13.4. The number of benzene rings is 1. The second kappa shape index (κ2) is 6.20. The Morgan fingerprint density at radius 2 is 2.22 bits per heavy atom. The zero-order chi connectivity index (χ0) is 13.1. The molecule has 3 atom stereocenters. The quantitative estimate of drug-likeness (QED) is 0.855. The third kappa shape index (κ3) is 3.58. The highest BCUT2D eigenvalue weighted by atomic mass is 79.9. The molecule has 0 radical (unpaired) electrons.